The third-order valence-corrected chi connectivity index (χ3v) is 19.5. The van der Waals surface area contributed by atoms with E-state index in [4.69, 9.17) is 0 Å². The van der Waals surface area contributed by atoms with Gasteiger partial charge in [0.1, 0.15) is 17.6 Å². The molecule has 1 aromatic rings. The van der Waals surface area contributed by atoms with E-state index in [1.807, 2.05) is 96.9 Å². The summed E-state index contributed by atoms with van der Waals surface area (Å²) in [4.78, 5) is 160. The first kappa shape index (κ1) is 78.3. The monoisotopic (exact) mass is 1280 g/mol. The Bertz CT molecular complexity index is 2670. The van der Waals surface area contributed by atoms with Gasteiger partial charge in [-0.25, -0.2) is 0 Å². The van der Waals surface area contributed by atoms with E-state index in [9.17, 15) is 48.3 Å². The number of hydrogen-bond donors (Lipinski definition) is 6. The van der Waals surface area contributed by atoms with E-state index < -0.39 is 129 Å². The molecule has 0 radical (unpaired) electrons. The summed E-state index contributed by atoms with van der Waals surface area (Å²) in [6, 6.07) is -1.26. The van der Waals surface area contributed by atoms with Crippen LogP contribution in [0, 0.1) is 70.5 Å². The van der Waals surface area contributed by atoms with Crippen LogP contribution in [0.4, 0.5) is 0 Å². The fourth-order valence-electron chi connectivity index (χ4n) is 11.8. The van der Waals surface area contributed by atoms with Gasteiger partial charge in [-0.3, -0.25) is 52.7 Å². The second-order valence-electron chi connectivity index (χ2n) is 30.9. The summed E-state index contributed by atoms with van der Waals surface area (Å²) >= 11 is 0. The van der Waals surface area contributed by atoms with Crippen LogP contribution in [-0.4, -0.2) is 134 Å². The highest BCUT2D eigenvalue weighted by molar-refractivity contribution is 8.76. The first-order valence-electron chi connectivity index (χ1n) is 32.3. The summed E-state index contributed by atoms with van der Waals surface area (Å²) in [6.45, 7) is 39.1. The highest BCUT2D eigenvalue weighted by atomic mass is 33.1. The van der Waals surface area contributed by atoms with Crippen LogP contribution >= 0.6 is 21.6 Å². The van der Waals surface area contributed by atoms with E-state index in [-0.39, 0.29) is 116 Å². The van der Waals surface area contributed by atoms with E-state index in [0.717, 1.165) is 21.6 Å². The standard InChI is InChI=1S/C69H112N6O12S2/c1-22-40(5)59(58(81)28-42(7)60(82)68(16,17)18)73-61(83)43(8)29-55(78)50-36-88-89-37-51(72-64(86)48(67(13,14)15)33-56(79)49(34-66(10,11)12)74-69(19,20)21)65(87)75-35-39(4)26-52(75)57(80)32-47(30-45-23-24-53(76)41(6)27-45)62(84)70-44(9)54(77)31-46(25-38(2)3)63(85)71-50/h23-24,27,38-40,42-44,46-52,59,74,76H,22,25-26,28-37H2,1-21H3,(H,70,84)(H,71,85)(H,72,86)(H,73,83)/t39-,40?,42-,43-,44+,46-,47-,48?,49+,50+,51+,52-,59+/m1/s1. The predicted octanol–water partition coefficient (Wildman–Crippen LogP) is 9.70. The average molecular weight is 1280 g/mol. The summed E-state index contributed by atoms with van der Waals surface area (Å²) in [7, 11) is 2.31. The largest absolute Gasteiger partial charge is 0.508 e. The number of rotatable bonds is 22. The van der Waals surface area contributed by atoms with E-state index in [2.05, 4.69) is 26.6 Å². The van der Waals surface area contributed by atoms with Crippen LogP contribution in [0.25, 0.3) is 0 Å². The number of aromatic hydroxyl groups is 1. The SMILES string of the molecule is CCC(C)[C@H](NC(=O)[C@H](C)CC(=O)[C@@H]1CSSC[C@H](NC(=O)C(CC(=O)[C@H](CC(C)(C)C)NC(C)(C)C)C(C)(C)C)C(=O)N2C[C@H](C)C[C@@H]2C(=O)C[C@@H](Cc2ccc(O)c(C)c2)C(=O)N[C@@H](C)C(=O)C[C@@H](CC(C)C)C(=O)N1)C(=O)C[C@@H](C)C(=O)C(C)(C)C. The molecule has 89 heavy (non-hydrogen) atoms. The molecule has 18 nitrogen and oxygen atoms in total. The molecule has 502 valence electrons. The smallest absolute Gasteiger partial charge is 0.246 e. The maximum atomic E-state index is 15.4. The summed E-state index contributed by atoms with van der Waals surface area (Å²) in [5.74, 6) is -9.96. The Labute approximate surface area is 540 Å². The molecule has 2 aliphatic heterocycles. The van der Waals surface area contributed by atoms with Gasteiger partial charge in [-0.1, -0.05) is 151 Å². The molecule has 0 aliphatic carbocycles. The lowest BCUT2D eigenvalue weighted by Gasteiger charge is -2.35. The van der Waals surface area contributed by atoms with Gasteiger partial charge in [0, 0.05) is 90.7 Å². The van der Waals surface area contributed by atoms with Crippen molar-refractivity contribution in [2.45, 2.75) is 251 Å². The molecule has 13 atom stereocenters. The van der Waals surface area contributed by atoms with E-state index in [0.29, 0.717) is 24.0 Å². The Kier molecular flexibility index (Phi) is 29.5. The number of carbonyl (C=O) groups excluding carboxylic acids is 11. The van der Waals surface area contributed by atoms with Gasteiger partial charge < -0.3 is 36.6 Å². The van der Waals surface area contributed by atoms with Gasteiger partial charge in [-0.2, -0.15) is 0 Å². The van der Waals surface area contributed by atoms with Crippen LogP contribution in [0.2, 0.25) is 0 Å². The van der Waals surface area contributed by atoms with Crippen molar-refractivity contribution in [3.8, 4) is 5.75 Å². The fraction of sp³-hybridized carbons (Fsp3) is 0.754. The third kappa shape index (κ3) is 25.2. The van der Waals surface area contributed by atoms with Crippen LogP contribution in [0.3, 0.4) is 0 Å². The summed E-state index contributed by atoms with van der Waals surface area (Å²) < 4.78 is 0. The molecule has 2 unspecified atom stereocenters. The molecule has 0 spiro atoms. The fourth-order valence-corrected chi connectivity index (χ4v) is 14.2. The average Bonchev–Trinajstić information content (AvgIpc) is 2.90. The number of aryl methyl sites for hydroxylation is 1. The van der Waals surface area contributed by atoms with E-state index >= 15 is 9.59 Å². The zero-order valence-corrected chi connectivity index (χ0v) is 59.3. The van der Waals surface area contributed by atoms with Crippen molar-refractivity contribution in [2.24, 2.45) is 63.6 Å². The van der Waals surface area contributed by atoms with Crippen LogP contribution in [0.15, 0.2) is 18.2 Å². The number of phenolic OH excluding ortho intramolecular Hbond substituents is 1. The number of nitrogens with zero attached hydrogens (tertiary/aromatic N) is 1. The van der Waals surface area contributed by atoms with Gasteiger partial charge in [0.05, 0.1) is 30.2 Å². The quantitative estimate of drug-likeness (QED) is 0.0590. The second-order valence-corrected chi connectivity index (χ2v) is 33.4. The number of ketones is 6. The molecule has 6 N–H and O–H groups in total. The van der Waals surface area contributed by atoms with E-state index in [1.165, 1.54) is 17.9 Å². The number of amides is 5. The Morgan fingerprint density at radius 1 is 0.742 bits per heavy atom. The molecule has 2 aliphatic rings. The van der Waals surface area contributed by atoms with Gasteiger partial charge in [-0.15, -0.1) is 0 Å². The zero-order chi connectivity index (χ0) is 68.0. The van der Waals surface area contributed by atoms with Gasteiger partial charge in [-0.05, 0) is 106 Å². The minimum Gasteiger partial charge on any atom is -0.508 e. The van der Waals surface area contributed by atoms with Crippen LogP contribution in [0.5, 0.6) is 5.75 Å². The normalized spacial score (nSPS) is 23.9. The zero-order valence-electron chi connectivity index (χ0n) is 57.7. The molecular weight excluding hydrogens is 1170 g/mol. The van der Waals surface area contributed by atoms with Crippen molar-refractivity contribution in [3.05, 3.63) is 29.3 Å². The molecule has 2 heterocycles. The Morgan fingerprint density at radius 3 is 1.89 bits per heavy atom. The maximum absolute atomic E-state index is 15.4. The van der Waals surface area contributed by atoms with Crippen LogP contribution in [-0.2, 0) is 59.2 Å². The summed E-state index contributed by atoms with van der Waals surface area (Å²) in [5, 5.41) is 25.5. The first-order valence-corrected chi connectivity index (χ1v) is 34.8. The Hall–Kier alpha value is -4.95. The molecule has 20 heteroatoms. The van der Waals surface area contributed by atoms with Crippen molar-refractivity contribution in [1.29, 1.82) is 0 Å². The molecular formula is C69H112N6O12S2. The van der Waals surface area contributed by atoms with Gasteiger partial charge in [0.15, 0.2) is 28.9 Å². The number of carbonyl (C=O) groups is 11. The number of phenols is 1. The molecule has 5 amide bonds. The van der Waals surface area contributed by atoms with Crippen molar-refractivity contribution < 1.29 is 57.8 Å². The number of benzene rings is 1. The number of hydrogen-bond acceptors (Lipinski definition) is 15. The maximum Gasteiger partial charge on any atom is 0.246 e. The number of Topliss-reactive ketones (excluding diaryl/α,β-unsaturated/α-hetero) is 6. The molecule has 2 saturated heterocycles. The molecule has 3 rings (SSSR count). The Balaban J connectivity index is 2.19. The van der Waals surface area contributed by atoms with Gasteiger partial charge in [0.25, 0.3) is 0 Å². The summed E-state index contributed by atoms with van der Waals surface area (Å²) in [6.07, 6.45) is 0.390. The third-order valence-electron chi connectivity index (χ3n) is 17.1. The number of fused-ring (bicyclic) bond motifs is 1. The van der Waals surface area contributed by atoms with Crippen molar-refractivity contribution in [2.75, 3.05) is 18.1 Å². The highest BCUT2D eigenvalue weighted by Gasteiger charge is 2.45. The minimum atomic E-state index is -1.27. The molecule has 0 saturated carbocycles. The minimum absolute atomic E-state index is 0.0426. The highest BCUT2D eigenvalue weighted by Crippen LogP contribution is 2.35. The molecule has 2 fully saturated rings. The lowest BCUT2D eigenvalue weighted by molar-refractivity contribution is -0.142. The molecule has 0 bridgehead atoms. The number of nitrogens with one attached hydrogen (secondary N) is 5. The molecule has 1 aromatic carbocycles. The van der Waals surface area contributed by atoms with Gasteiger partial charge >= 0.3 is 0 Å². The lowest BCUT2D eigenvalue weighted by Crippen LogP contribution is -2.55. The first-order chi connectivity index (χ1) is 40.8. The Morgan fingerprint density at radius 2 is 1.34 bits per heavy atom. The second kappa shape index (κ2) is 33.6. The summed E-state index contributed by atoms with van der Waals surface area (Å²) in [5.41, 5.74) is -0.926. The predicted molar refractivity (Wildman–Crippen MR) is 355 cm³/mol. The van der Waals surface area contributed by atoms with Crippen molar-refractivity contribution in [3.63, 3.8) is 0 Å². The van der Waals surface area contributed by atoms with E-state index in [1.54, 1.807) is 53.7 Å². The van der Waals surface area contributed by atoms with Crippen molar-refractivity contribution in [1.82, 2.24) is 31.5 Å². The molecule has 0 aromatic heterocycles. The van der Waals surface area contributed by atoms with Crippen LogP contribution < -0.4 is 26.6 Å². The van der Waals surface area contributed by atoms with Crippen molar-refractivity contribution >= 4 is 85.8 Å². The van der Waals surface area contributed by atoms with Crippen LogP contribution in [0.1, 0.15) is 207 Å². The van der Waals surface area contributed by atoms with Gasteiger partial charge in [0.2, 0.25) is 29.5 Å². The lowest BCUT2D eigenvalue weighted by atomic mass is 9.75. The topological polar surface area (TPSA) is 271 Å².